The third kappa shape index (κ3) is 4.70. The van der Waals surface area contributed by atoms with E-state index >= 15 is 0 Å². The molecule has 7 heteroatoms. The molecule has 0 spiro atoms. The maximum absolute atomic E-state index is 10.7. The molecule has 0 aliphatic heterocycles. The first-order valence-corrected chi connectivity index (χ1v) is 7.81. The van der Waals surface area contributed by atoms with Crippen LogP contribution in [0.15, 0.2) is 29.4 Å². The maximum Gasteiger partial charge on any atom is 0.335 e. The van der Waals surface area contributed by atoms with Gasteiger partial charge in [0.1, 0.15) is 5.75 Å². The number of hydrogen-bond donors (Lipinski definition) is 1. The van der Waals surface area contributed by atoms with Gasteiger partial charge >= 0.3 is 5.97 Å². The van der Waals surface area contributed by atoms with Crippen LogP contribution in [0.4, 0.5) is 0 Å². The number of hydrogen-bond acceptors (Lipinski definition) is 6. The van der Waals surface area contributed by atoms with Gasteiger partial charge in [0.05, 0.1) is 23.6 Å². The lowest BCUT2D eigenvalue weighted by atomic mass is 10.2. The normalized spacial score (nSPS) is 10.5. The summed E-state index contributed by atoms with van der Waals surface area (Å²) in [6.07, 6.45) is 0.835. The highest BCUT2D eigenvalue weighted by Crippen LogP contribution is 2.15. The Kier molecular flexibility index (Phi) is 5.71. The van der Waals surface area contributed by atoms with Gasteiger partial charge in [-0.3, -0.25) is 0 Å². The van der Waals surface area contributed by atoms with Crippen molar-refractivity contribution in [2.24, 2.45) is 0 Å². The van der Waals surface area contributed by atoms with Crippen LogP contribution < -0.4 is 4.74 Å². The molecule has 116 valence electrons. The van der Waals surface area contributed by atoms with Gasteiger partial charge in [0, 0.05) is 5.75 Å². The van der Waals surface area contributed by atoms with Crippen molar-refractivity contribution in [3.05, 3.63) is 41.2 Å². The molecular weight excluding hydrogens is 302 g/mol. The molecule has 22 heavy (non-hydrogen) atoms. The smallest absolute Gasteiger partial charge is 0.335 e. The molecule has 0 radical (unpaired) electrons. The summed E-state index contributed by atoms with van der Waals surface area (Å²) in [5.74, 6) is 0.557. The van der Waals surface area contributed by atoms with Crippen molar-refractivity contribution >= 4 is 17.7 Å². The van der Waals surface area contributed by atoms with Crippen molar-refractivity contribution in [3.63, 3.8) is 0 Å². The Hall–Kier alpha value is -2.15. The molecular formula is C15H17N3O3S. The number of aromatic nitrogens is 3. The average molecular weight is 319 g/mol. The topological polar surface area (TPSA) is 85.2 Å². The molecule has 0 saturated heterocycles. The van der Waals surface area contributed by atoms with Crippen LogP contribution in [-0.4, -0.2) is 38.6 Å². The minimum absolute atomic E-state index is 0.252. The second-order valence-electron chi connectivity index (χ2n) is 4.65. The van der Waals surface area contributed by atoms with Gasteiger partial charge in [-0.15, -0.1) is 5.10 Å². The van der Waals surface area contributed by atoms with Crippen LogP contribution in [-0.2, 0) is 0 Å². The minimum Gasteiger partial charge on any atom is -0.494 e. The van der Waals surface area contributed by atoms with Gasteiger partial charge in [0.2, 0.25) is 5.16 Å². The van der Waals surface area contributed by atoms with E-state index in [9.17, 15) is 4.79 Å². The van der Waals surface area contributed by atoms with Crippen LogP contribution in [0.5, 0.6) is 5.75 Å². The molecule has 1 N–H and O–H groups in total. The molecule has 1 heterocycles. The molecule has 0 saturated carbocycles. The standard InChI is InChI=1S/C15H17N3O3S/c1-10-11(2)17-18-15(16-10)22-9-3-8-21-13-6-4-12(5-7-13)14(19)20/h4-7H,3,8-9H2,1-2H3,(H,19,20). The SMILES string of the molecule is Cc1nnc(SCCCOc2ccc(C(=O)O)cc2)nc1C. The van der Waals surface area contributed by atoms with E-state index in [1.807, 2.05) is 13.8 Å². The molecule has 2 aromatic rings. The molecule has 0 bridgehead atoms. The molecule has 0 aliphatic carbocycles. The number of nitrogens with zero attached hydrogens (tertiary/aromatic N) is 3. The molecule has 0 fully saturated rings. The lowest BCUT2D eigenvalue weighted by Crippen LogP contribution is -2.01. The summed E-state index contributed by atoms with van der Waals surface area (Å²) in [6.45, 7) is 4.35. The van der Waals surface area contributed by atoms with Crippen molar-refractivity contribution in [2.75, 3.05) is 12.4 Å². The monoisotopic (exact) mass is 319 g/mol. The number of aromatic carboxylic acids is 1. The van der Waals surface area contributed by atoms with Crippen LogP contribution in [0.3, 0.4) is 0 Å². The summed E-state index contributed by atoms with van der Waals surface area (Å²) in [5, 5.41) is 17.5. The Morgan fingerprint density at radius 2 is 1.91 bits per heavy atom. The predicted octanol–water partition coefficient (Wildman–Crippen LogP) is 2.75. The van der Waals surface area contributed by atoms with Gasteiger partial charge in [-0.1, -0.05) is 11.8 Å². The largest absolute Gasteiger partial charge is 0.494 e. The third-order valence-electron chi connectivity index (χ3n) is 2.96. The van der Waals surface area contributed by atoms with E-state index in [2.05, 4.69) is 15.2 Å². The zero-order valence-electron chi connectivity index (χ0n) is 12.4. The molecule has 0 unspecified atom stereocenters. The van der Waals surface area contributed by atoms with Crippen LogP contribution in [0.2, 0.25) is 0 Å². The fourth-order valence-electron chi connectivity index (χ4n) is 1.60. The van der Waals surface area contributed by atoms with E-state index < -0.39 is 5.97 Å². The Labute approximate surface area is 132 Å². The van der Waals surface area contributed by atoms with E-state index in [4.69, 9.17) is 9.84 Å². The summed E-state index contributed by atoms with van der Waals surface area (Å²) in [5.41, 5.74) is 1.99. The Morgan fingerprint density at radius 1 is 1.18 bits per heavy atom. The van der Waals surface area contributed by atoms with Crippen molar-refractivity contribution in [1.29, 1.82) is 0 Å². The van der Waals surface area contributed by atoms with Crippen LogP contribution in [0.1, 0.15) is 28.2 Å². The van der Waals surface area contributed by atoms with Gasteiger partial charge in [-0.05, 0) is 44.5 Å². The van der Waals surface area contributed by atoms with Crippen LogP contribution >= 0.6 is 11.8 Å². The lowest BCUT2D eigenvalue weighted by molar-refractivity contribution is 0.0697. The lowest BCUT2D eigenvalue weighted by Gasteiger charge is -2.06. The van der Waals surface area contributed by atoms with E-state index in [0.717, 1.165) is 23.6 Å². The van der Waals surface area contributed by atoms with Gasteiger partial charge < -0.3 is 9.84 Å². The quantitative estimate of drug-likeness (QED) is 0.620. The molecule has 2 rings (SSSR count). The number of ether oxygens (including phenoxy) is 1. The van der Waals surface area contributed by atoms with Crippen molar-refractivity contribution < 1.29 is 14.6 Å². The Balaban J connectivity index is 1.70. The van der Waals surface area contributed by atoms with Crippen LogP contribution in [0.25, 0.3) is 0 Å². The summed E-state index contributed by atoms with van der Waals surface area (Å²) < 4.78 is 5.56. The third-order valence-corrected chi connectivity index (χ3v) is 3.89. The van der Waals surface area contributed by atoms with E-state index in [0.29, 0.717) is 17.5 Å². The highest BCUT2D eigenvalue weighted by atomic mass is 32.2. The first-order chi connectivity index (χ1) is 10.6. The highest BCUT2D eigenvalue weighted by Gasteiger charge is 2.03. The number of carboxylic acid groups (broad SMARTS) is 1. The number of carboxylic acids is 1. The summed E-state index contributed by atoms with van der Waals surface area (Å²) >= 11 is 1.54. The molecule has 0 aliphatic rings. The molecule has 1 aromatic heterocycles. The zero-order valence-corrected chi connectivity index (χ0v) is 13.3. The second kappa shape index (κ2) is 7.74. The Bertz CT molecular complexity index is 647. The van der Waals surface area contributed by atoms with Gasteiger partial charge in [0.15, 0.2) is 0 Å². The van der Waals surface area contributed by atoms with E-state index in [-0.39, 0.29) is 5.56 Å². The number of thioether (sulfide) groups is 1. The maximum atomic E-state index is 10.7. The summed E-state index contributed by atoms with van der Waals surface area (Å²) in [7, 11) is 0. The minimum atomic E-state index is -0.940. The fraction of sp³-hybridized carbons (Fsp3) is 0.333. The van der Waals surface area contributed by atoms with Crippen molar-refractivity contribution in [1.82, 2.24) is 15.2 Å². The second-order valence-corrected chi connectivity index (χ2v) is 5.71. The number of benzene rings is 1. The van der Waals surface area contributed by atoms with E-state index in [1.165, 1.54) is 12.1 Å². The number of aryl methyl sites for hydroxylation is 2. The molecule has 0 amide bonds. The highest BCUT2D eigenvalue weighted by molar-refractivity contribution is 7.99. The van der Waals surface area contributed by atoms with Crippen molar-refractivity contribution in [3.8, 4) is 5.75 Å². The van der Waals surface area contributed by atoms with Crippen molar-refractivity contribution in [2.45, 2.75) is 25.4 Å². The van der Waals surface area contributed by atoms with E-state index in [1.54, 1.807) is 23.9 Å². The number of rotatable bonds is 7. The average Bonchev–Trinajstić information content (AvgIpc) is 2.51. The van der Waals surface area contributed by atoms with Crippen LogP contribution in [0, 0.1) is 13.8 Å². The van der Waals surface area contributed by atoms with Gasteiger partial charge in [0.25, 0.3) is 0 Å². The first kappa shape index (κ1) is 16.2. The fourth-order valence-corrected chi connectivity index (χ4v) is 2.35. The van der Waals surface area contributed by atoms with Gasteiger partial charge in [-0.2, -0.15) is 5.10 Å². The molecule has 0 atom stereocenters. The summed E-state index contributed by atoms with van der Waals surface area (Å²) in [4.78, 5) is 15.1. The Morgan fingerprint density at radius 3 is 2.55 bits per heavy atom. The first-order valence-electron chi connectivity index (χ1n) is 6.83. The molecule has 1 aromatic carbocycles. The summed E-state index contributed by atoms with van der Waals surface area (Å²) in [6, 6.07) is 6.38. The van der Waals surface area contributed by atoms with Gasteiger partial charge in [-0.25, -0.2) is 9.78 Å². The predicted molar refractivity (Wildman–Crippen MR) is 83.5 cm³/mol. The number of carbonyl (C=O) groups is 1. The zero-order chi connectivity index (χ0) is 15.9. The molecule has 6 nitrogen and oxygen atoms in total.